The van der Waals surface area contributed by atoms with Crippen molar-refractivity contribution in [1.82, 2.24) is 14.9 Å². The lowest BCUT2D eigenvalue weighted by Crippen LogP contribution is -2.46. The van der Waals surface area contributed by atoms with Crippen molar-refractivity contribution in [3.63, 3.8) is 0 Å². The molecule has 1 aliphatic heterocycles. The number of aryl methyl sites for hydroxylation is 3. The topological polar surface area (TPSA) is 61.4 Å². The number of nitrogens with one attached hydrogen (secondary N) is 1. The summed E-state index contributed by atoms with van der Waals surface area (Å²) in [5, 5.41) is 4.03. The lowest BCUT2D eigenvalue weighted by atomic mass is 10.1. The first-order chi connectivity index (χ1) is 14.0. The van der Waals surface area contributed by atoms with E-state index < -0.39 is 0 Å². The van der Waals surface area contributed by atoms with Crippen molar-refractivity contribution in [1.29, 1.82) is 0 Å². The lowest BCUT2D eigenvalue weighted by Gasteiger charge is -2.35. The van der Waals surface area contributed by atoms with Gasteiger partial charge in [0.2, 0.25) is 0 Å². The van der Waals surface area contributed by atoms with Crippen LogP contribution in [-0.4, -0.2) is 53.5 Å². The molecule has 0 unspecified atom stereocenters. The molecule has 29 heavy (non-hydrogen) atoms. The van der Waals surface area contributed by atoms with Crippen molar-refractivity contribution in [2.45, 2.75) is 27.7 Å². The summed E-state index contributed by atoms with van der Waals surface area (Å²) in [4.78, 5) is 28.3. The minimum atomic E-state index is -0.0909. The Bertz CT molecular complexity index is 1040. The maximum atomic E-state index is 12.9. The smallest absolute Gasteiger partial charge is 0.266 e. The number of hydrogen-bond acceptors (Lipinski definition) is 6. The highest BCUT2D eigenvalue weighted by atomic mass is 32.1. The maximum absolute atomic E-state index is 12.9. The van der Waals surface area contributed by atoms with Crippen molar-refractivity contribution in [3.05, 3.63) is 46.2 Å². The maximum Gasteiger partial charge on any atom is 0.266 e. The van der Waals surface area contributed by atoms with Gasteiger partial charge >= 0.3 is 0 Å². The number of benzene rings is 1. The van der Waals surface area contributed by atoms with Crippen LogP contribution in [0.3, 0.4) is 0 Å². The third-order valence-electron chi connectivity index (χ3n) is 5.60. The first kappa shape index (κ1) is 19.8. The number of thiophene rings is 1. The summed E-state index contributed by atoms with van der Waals surface area (Å²) < 4.78 is 0. The first-order valence-electron chi connectivity index (χ1n) is 10.1. The van der Waals surface area contributed by atoms with Crippen molar-refractivity contribution in [3.8, 4) is 0 Å². The van der Waals surface area contributed by atoms with Crippen LogP contribution in [-0.2, 0) is 0 Å². The van der Waals surface area contributed by atoms with Crippen LogP contribution in [0.4, 0.5) is 11.4 Å². The van der Waals surface area contributed by atoms with Gasteiger partial charge in [-0.05, 0) is 57.1 Å². The Morgan fingerprint density at radius 1 is 1.07 bits per heavy atom. The van der Waals surface area contributed by atoms with E-state index in [1.807, 2.05) is 32.9 Å². The standard InChI is InChI=1S/C22H27N5OS/c1-5-26-10-12-27(13-11-26)18-8-6-17(7-9-18)25-21(28)20-14(2)19-15(3)23-16(4)24-22(19)29-20/h6-9H,5,10-13H2,1-4H3,(H,25,28). The van der Waals surface area contributed by atoms with Crippen molar-refractivity contribution < 1.29 is 4.79 Å². The molecule has 6 nitrogen and oxygen atoms in total. The number of piperazine rings is 1. The van der Waals surface area contributed by atoms with E-state index in [9.17, 15) is 4.79 Å². The molecule has 3 heterocycles. The number of fused-ring (bicyclic) bond motifs is 1. The van der Waals surface area contributed by atoms with Crippen LogP contribution in [0.15, 0.2) is 24.3 Å². The molecule has 4 rings (SSSR count). The Kier molecular flexibility index (Phi) is 5.52. The van der Waals surface area contributed by atoms with Gasteiger partial charge in [0, 0.05) is 48.6 Å². The number of nitrogens with zero attached hydrogens (tertiary/aromatic N) is 4. The highest BCUT2D eigenvalue weighted by molar-refractivity contribution is 7.20. The predicted molar refractivity (Wildman–Crippen MR) is 120 cm³/mol. The van der Waals surface area contributed by atoms with Gasteiger partial charge in [-0.25, -0.2) is 9.97 Å². The van der Waals surface area contributed by atoms with Gasteiger partial charge in [-0.1, -0.05) is 6.92 Å². The van der Waals surface area contributed by atoms with E-state index in [1.165, 1.54) is 17.0 Å². The molecule has 1 N–H and O–H groups in total. The summed E-state index contributed by atoms with van der Waals surface area (Å²) in [6.07, 6.45) is 0. The van der Waals surface area contributed by atoms with Gasteiger partial charge in [0.05, 0.1) is 4.88 Å². The van der Waals surface area contributed by atoms with Crippen LogP contribution in [0.2, 0.25) is 0 Å². The summed E-state index contributed by atoms with van der Waals surface area (Å²) >= 11 is 1.43. The van der Waals surface area contributed by atoms with Crippen molar-refractivity contribution >= 4 is 38.8 Å². The van der Waals surface area contributed by atoms with Crippen LogP contribution in [0, 0.1) is 20.8 Å². The van der Waals surface area contributed by atoms with E-state index in [2.05, 4.69) is 44.1 Å². The fourth-order valence-electron chi connectivity index (χ4n) is 3.96. The summed E-state index contributed by atoms with van der Waals surface area (Å²) in [5.74, 6) is 0.644. The fourth-order valence-corrected chi connectivity index (χ4v) is 5.13. The summed E-state index contributed by atoms with van der Waals surface area (Å²) in [5.41, 5.74) is 3.89. The Morgan fingerprint density at radius 2 is 1.76 bits per heavy atom. The van der Waals surface area contributed by atoms with Crippen molar-refractivity contribution in [2.75, 3.05) is 42.9 Å². The molecule has 2 aromatic heterocycles. The largest absolute Gasteiger partial charge is 0.369 e. The predicted octanol–water partition coefficient (Wildman–Crippen LogP) is 4.01. The molecule has 3 aromatic rings. The van der Waals surface area contributed by atoms with Crippen LogP contribution < -0.4 is 10.2 Å². The average molecular weight is 410 g/mol. The SMILES string of the molecule is CCN1CCN(c2ccc(NC(=O)c3sc4nc(C)nc(C)c4c3C)cc2)CC1. The second kappa shape index (κ2) is 8.08. The number of anilines is 2. The Hall–Kier alpha value is -2.51. The Morgan fingerprint density at radius 3 is 2.41 bits per heavy atom. The number of aromatic nitrogens is 2. The van der Waals surface area contributed by atoms with Gasteiger partial charge < -0.3 is 15.1 Å². The van der Waals surface area contributed by atoms with Gasteiger partial charge in [-0.15, -0.1) is 11.3 Å². The second-order valence-corrected chi connectivity index (χ2v) is 8.51. The summed E-state index contributed by atoms with van der Waals surface area (Å²) in [6.45, 7) is 13.4. The van der Waals surface area contributed by atoms with E-state index in [4.69, 9.17) is 0 Å². The summed E-state index contributed by atoms with van der Waals surface area (Å²) in [7, 11) is 0. The number of carbonyl (C=O) groups excluding carboxylic acids is 1. The number of carbonyl (C=O) groups is 1. The average Bonchev–Trinajstić information content (AvgIpc) is 3.05. The lowest BCUT2D eigenvalue weighted by molar-refractivity contribution is 0.103. The van der Waals surface area contributed by atoms with E-state index in [0.717, 1.165) is 65.7 Å². The number of hydrogen-bond donors (Lipinski definition) is 1. The third-order valence-corrected chi connectivity index (χ3v) is 6.78. The van der Waals surface area contributed by atoms with E-state index in [1.54, 1.807) is 0 Å². The van der Waals surface area contributed by atoms with Gasteiger partial charge in [-0.2, -0.15) is 0 Å². The molecule has 1 amide bonds. The van der Waals surface area contributed by atoms with Crippen LogP contribution in [0.1, 0.15) is 33.7 Å². The molecule has 0 spiro atoms. The first-order valence-corrected chi connectivity index (χ1v) is 10.9. The molecular formula is C22H27N5OS. The molecule has 7 heteroatoms. The zero-order valence-corrected chi connectivity index (χ0v) is 18.3. The van der Waals surface area contributed by atoms with E-state index in [-0.39, 0.29) is 5.91 Å². The molecule has 0 saturated carbocycles. The molecule has 0 atom stereocenters. The van der Waals surface area contributed by atoms with Gasteiger partial charge in [0.25, 0.3) is 5.91 Å². The molecule has 0 bridgehead atoms. The van der Waals surface area contributed by atoms with Crippen molar-refractivity contribution in [2.24, 2.45) is 0 Å². The number of amides is 1. The molecule has 0 radical (unpaired) electrons. The molecule has 1 aromatic carbocycles. The second-order valence-electron chi connectivity index (χ2n) is 7.51. The minimum absolute atomic E-state index is 0.0909. The van der Waals surface area contributed by atoms with Gasteiger partial charge in [-0.3, -0.25) is 4.79 Å². The molecule has 0 aliphatic carbocycles. The normalized spacial score (nSPS) is 15.1. The number of likely N-dealkylation sites (N-methyl/N-ethyl adjacent to an activating group) is 1. The molecule has 1 saturated heterocycles. The number of rotatable bonds is 4. The van der Waals surface area contributed by atoms with Gasteiger partial charge in [0.15, 0.2) is 0 Å². The molecule has 152 valence electrons. The highest BCUT2D eigenvalue weighted by Gasteiger charge is 2.19. The fraction of sp³-hybridized carbons (Fsp3) is 0.409. The molecular weight excluding hydrogens is 382 g/mol. The molecule has 1 aliphatic rings. The highest BCUT2D eigenvalue weighted by Crippen LogP contribution is 2.32. The zero-order valence-electron chi connectivity index (χ0n) is 17.5. The summed E-state index contributed by atoms with van der Waals surface area (Å²) in [6, 6.07) is 8.15. The van der Waals surface area contributed by atoms with Crippen LogP contribution in [0.25, 0.3) is 10.2 Å². The van der Waals surface area contributed by atoms with Crippen LogP contribution in [0.5, 0.6) is 0 Å². The molecule has 1 fully saturated rings. The third kappa shape index (κ3) is 3.97. The van der Waals surface area contributed by atoms with Crippen LogP contribution >= 0.6 is 11.3 Å². The van der Waals surface area contributed by atoms with E-state index >= 15 is 0 Å². The Balaban J connectivity index is 1.48. The van der Waals surface area contributed by atoms with E-state index in [0.29, 0.717) is 4.88 Å². The van der Waals surface area contributed by atoms with Gasteiger partial charge in [0.1, 0.15) is 10.7 Å². The monoisotopic (exact) mass is 409 g/mol. The quantitative estimate of drug-likeness (QED) is 0.705. The zero-order chi connectivity index (χ0) is 20.5. The minimum Gasteiger partial charge on any atom is -0.369 e. The Labute approximate surface area is 175 Å².